The van der Waals surface area contributed by atoms with Crippen molar-refractivity contribution in [3.63, 3.8) is 0 Å². The van der Waals surface area contributed by atoms with E-state index in [0.29, 0.717) is 12.0 Å². The average Bonchev–Trinajstić information content (AvgIpc) is 2.40. The molecule has 2 heteroatoms. The van der Waals surface area contributed by atoms with Crippen molar-refractivity contribution in [2.24, 2.45) is 0 Å². The second-order valence-electron chi connectivity index (χ2n) is 4.64. The first kappa shape index (κ1) is 12.7. The summed E-state index contributed by atoms with van der Waals surface area (Å²) in [5.41, 5.74) is 9.28. The summed E-state index contributed by atoms with van der Waals surface area (Å²) in [6, 6.07) is 19.0. The van der Waals surface area contributed by atoms with E-state index < -0.39 is 0 Å². The zero-order valence-corrected chi connectivity index (χ0v) is 10.9. The highest BCUT2D eigenvalue weighted by molar-refractivity contribution is 5.45. The van der Waals surface area contributed by atoms with E-state index >= 15 is 0 Å². The quantitative estimate of drug-likeness (QED) is 0.806. The van der Waals surface area contributed by atoms with Gasteiger partial charge in [0.1, 0.15) is 0 Å². The number of anilines is 1. The van der Waals surface area contributed by atoms with Gasteiger partial charge in [0, 0.05) is 17.6 Å². The zero-order chi connectivity index (χ0) is 13.0. The van der Waals surface area contributed by atoms with Crippen LogP contribution >= 0.6 is 0 Å². The first-order chi connectivity index (χ1) is 8.72. The maximum Gasteiger partial charge on any atom is 0.0316 e. The van der Waals surface area contributed by atoms with Crippen molar-refractivity contribution < 1.29 is 0 Å². The molecule has 0 aliphatic heterocycles. The van der Waals surface area contributed by atoms with Crippen LogP contribution in [0.5, 0.6) is 0 Å². The Morgan fingerprint density at radius 1 is 0.944 bits per heavy atom. The fourth-order valence-electron chi connectivity index (χ4n) is 2.35. The first-order valence-corrected chi connectivity index (χ1v) is 6.30. The lowest BCUT2D eigenvalue weighted by molar-refractivity contribution is 0.547. The number of nitrogen functional groups attached to an aromatic ring is 1. The Morgan fingerprint density at radius 3 is 2.22 bits per heavy atom. The third-order valence-corrected chi connectivity index (χ3v) is 3.38. The SMILES string of the molecule is CNC(C)C(c1ccccc1)c1cccc(N)c1. The van der Waals surface area contributed by atoms with Crippen LogP contribution in [0.15, 0.2) is 54.6 Å². The van der Waals surface area contributed by atoms with Crippen molar-refractivity contribution in [1.82, 2.24) is 5.32 Å². The normalized spacial score (nSPS) is 14.1. The van der Waals surface area contributed by atoms with Crippen LogP contribution in [0.25, 0.3) is 0 Å². The fraction of sp³-hybridized carbons (Fsp3) is 0.250. The lowest BCUT2D eigenvalue weighted by Gasteiger charge is -2.25. The van der Waals surface area contributed by atoms with Gasteiger partial charge in [-0.1, -0.05) is 42.5 Å². The van der Waals surface area contributed by atoms with Crippen molar-refractivity contribution in [1.29, 1.82) is 0 Å². The fourth-order valence-corrected chi connectivity index (χ4v) is 2.35. The van der Waals surface area contributed by atoms with Gasteiger partial charge < -0.3 is 11.1 Å². The van der Waals surface area contributed by atoms with Crippen LogP contribution in [0.4, 0.5) is 5.69 Å². The summed E-state index contributed by atoms with van der Waals surface area (Å²) in [6.07, 6.45) is 0. The minimum absolute atomic E-state index is 0.319. The molecule has 0 amide bonds. The van der Waals surface area contributed by atoms with Gasteiger partial charge in [0.2, 0.25) is 0 Å². The van der Waals surface area contributed by atoms with Crippen molar-refractivity contribution in [2.75, 3.05) is 12.8 Å². The lowest BCUT2D eigenvalue weighted by Crippen LogP contribution is -2.29. The zero-order valence-electron chi connectivity index (χ0n) is 10.9. The van der Waals surface area contributed by atoms with E-state index in [2.05, 4.69) is 48.6 Å². The molecule has 2 aromatic rings. The minimum Gasteiger partial charge on any atom is -0.399 e. The van der Waals surface area contributed by atoms with Crippen LogP contribution in [-0.2, 0) is 0 Å². The maximum absolute atomic E-state index is 5.90. The van der Waals surface area contributed by atoms with Gasteiger partial charge in [-0.05, 0) is 37.2 Å². The highest BCUT2D eigenvalue weighted by Gasteiger charge is 2.19. The molecular weight excluding hydrogens is 220 g/mol. The van der Waals surface area contributed by atoms with Crippen molar-refractivity contribution in [3.05, 3.63) is 65.7 Å². The van der Waals surface area contributed by atoms with Gasteiger partial charge in [-0.2, -0.15) is 0 Å². The summed E-state index contributed by atoms with van der Waals surface area (Å²) in [6.45, 7) is 2.20. The highest BCUT2D eigenvalue weighted by Crippen LogP contribution is 2.28. The molecule has 94 valence electrons. The second kappa shape index (κ2) is 5.69. The van der Waals surface area contributed by atoms with Crippen molar-refractivity contribution in [3.8, 4) is 0 Å². The van der Waals surface area contributed by atoms with Gasteiger partial charge in [0.15, 0.2) is 0 Å². The van der Waals surface area contributed by atoms with Gasteiger partial charge >= 0.3 is 0 Å². The number of rotatable bonds is 4. The summed E-state index contributed by atoms with van der Waals surface area (Å²) in [5, 5.41) is 3.34. The Kier molecular flexibility index (Phi) is 4.00. The molecule has 0 fully saturated rings. The van der Waals surface area contributed by atoms with Crippen molar-refractivity contribution in [2.45, 2.75) is 18.9 Å². The van der Waals surface area contributed by atoms with Crippen LogP contribution in [0.1, 0.15) is 24.0 Å². The number of nitrogens with one attached hydrogen (secondary N) is 1. The number of hydrogen-bond acceptors (Lipinski definition) is 2. The predicted molar refractivity (Wildman–Crippen MR) is 77.7 cm³/mol. The van der Waals surface area contributed by atoms with Crippen LogP contribution in [0.2, 0.25) is 0 Å². The summed E-state index contributed by atoms with van der Waals surface area (Å²) in [5.74, 6) is 0.319. The standard InChI is InChI=1S/C16H20N2/c1-12(18-2)16(13-7-4-3-5-8-13)14-9-6-10-15(17)11-14/h3-12,16,18H,17H2,1-2H3. The van der Waals surface area contributed by atoms with Crippen molar-refractivity contribution >= 4 is 5.69 Å². The molecule has 18 heavy (non-hydrogen) atoms. The summed E-state index contributed by atoms with van der Waals surface area (Å²) < 4.78 is 0. The first-order valence-electron chi connectivity index (χ1n) is 6.30. The number of benzene rings is 2. The minimum atomic E-state index is 0.319. The van der Waals surface area contributed by atoms with Crippen LogP contribution in [-0.4, -0.2) is 13.1 Å². The molecule has 0 aliphatic rings. The number of likely N-dealkylation sites (N-methyl/N-ethyl adjacent to an activating group) is 1. The van der Waals surface area contributed by atoms with E-state index in [4.69, 9.17) is 5.73 Å². The third-order valence-electron chi connectivity index (χ3n) is 3.38. The Hall–Kier alpha value is -1.80. The molecule has 0 spiro atoms. The average molecular weight is 240 g/mol. The Balaban J connectivity index is 2.43. The molecule has 0 heterocycles. The molecule has 2 nitrogen and oxygen atoms in total. The molecule has 0 aliphatic carbocycles. The molecule has 0 saturated heterocycles. The molecule has 2 unspecified atom stereocenters. The van der Waals surface area contributed by atoms with E-state index in [1.165, 1.54) is 11.1 Å². The molecule has 0 bridgehead atoms. The van der Waals surface area contributed by atoms with Gasteiger partial charge in [-0.25, -0.2) is 0 Å². The second-order valence-corrected chi connectivity index (χ2v) is 4.64. The molecule has 2 aromatic carbocycles. The van der Waals surface area contributed by atoms with Gasteiger partial charge in [0.25, 0.3) is 0 Å². The van der Waals surface area contributed by atoms with E-state index in [9.17, 15) is 0 Å². The third kappa shape index (κ3) is 2.71. The highest BCUT2D eigenvalue weighted by atomic mass is 14.9. The number of nitrogens with two attached hydrogens (primary N) is 1. The largest absolute Gasteiger partial charge is 0.399 e. The van der Waals surface area contributed by atoms with E-state index in [1.807, 2.05) is 25.2 Å². The van der Waals surface area contributed by atoms with E-state index in [1.54, 1.807) is 0 Å². The summed E-state index contributed by atoms with van der Waals surface area (Å²) >= 11 is 0. The monoisotopic (exact) mass is 240 g/mol. The smallest absolute Gasteiger partial charge is 0.0316 e. The Labute approximate surface area is 109 Å². The van der Waals surface area contributed by atoms with Crippen LogP contribution < -0.4 is 11.1 Å². The van der Waals surface area contributed by atoms with Crippen LogP contribution in [0.3, 0.4) is 0 Å². The van der Waals surface area contributed by atoms with E-state index in [0.717, 1.165) is 5.69 Å². The molecule has 0 saturated carbocycles. The molecule has 0 radical (unpaired) electrons. The summed E-state index contributed by atoms with van der Waals surface area (Å²) in [7, 11) is 1.99. The van der Waals surface area contributed by atoms with Crippen LogP contribution in [0, 0.1) is 0 Å². The van der Waals surface area contributed by atoms with Gasteiger partial charge in [-0.3, -0.25) is 0 Å². The summed E-state index contributed by atoms with van der Waals surface area (Å²) in [4.78, 5) is 0. The molecule has 2 rings (SSSR count). The molecular formula is C16H20N2. The van der Waals surface area contributed by atoms with E-state index in [-0.39, 0.29) is 0 Å². The maximum atomic E-state index is 5.90. The molecule has 0 aromatic heterocycles. The Morgan fingerprint density at radius 2 is 1.61 bits per heavy atom. The Bertz CT molecular complexity index is 493. The van der Waals surface area contributed by atoms with Gasteiger partial charge in [-0.15, -0.1) is 0 Å². The lowest BCUT2D eigenvalue weighted by atomic mass is 9.85. The molecule has 3 N–H and O–H groups in total. The molecule has 2 atom stereocenters. The number of hydrogen-bond donors (Lipinski definition) is 2. The predicted octanol–water partition coefficient (Wildman–Crippen LogP) is 3.01. The topological polar surface area (TPSA) is 38.0 Å². The van der Waals surface area contributed by atoms with Gasteiger partial charge in [0.05, 0.1) is 0 Å².